The molecule has 0 saturated carbocycles. The van der Waals surface area contributed by atoms with Gasteiger partial charge in [-0.3, -0.25) is 14.4 Å². The number of aliphatic hydroxyl groups is 1. The zero-order chi connectivity index (χ0) is 24.2. The van der Waals surface area contributed by atoms with Gasteiger partial charge in [0.05, 0.1) is 46.2 Å². The molecule has 12 nitrogen and oxygen atoms in total. The predicted octanol–water partition coefficient (Wildman–Crippen LogP) is -1.66. The van der Waals surface area contributed by atoms with E-state index in [4.69, 9.17) is 34.5 Å². The molecular weight excluding hydrogens is 438 g/mol. The summed E-state index contributed by atoms with van der Waals surface area (Å²) in [7, 11) is 0. The first-order valence-corrected chi connectivity index (χ1v) is 10.5. The smallest absolute Gasteiger partial charge is 0.258 e. The van der Waals surface area contributed by atoms with Gasteiger partial charge >= 0.3 is 0 Å². The third kappa shape index (κ3) is 16.5. The number of benzene rings is 1. The lowest BCUT2D eigenvalue weighted by Gasteiger charge is -2.09. The number of primary amides is 1. The Morgan fingerprint density at radius 1 is 0.727 bits per heavy atom. The fourth-order valence-electron chi connectivity index (χ4n) is 2.24. The van der Waals surface area contributed by atoms with Crippen molar-refractivity contribution in [3.8, 4) is 5.75 Å². The van der Waals surface area contributed by atoms with Gasteiger partial charge in [-0.05, 0) is 17.7 Å². The molecule has 0 heterocycles. The number of rotatable bonds is 20. The van der Waals surface area contributed by atoms with E-state index in [1.54, 1.807) is 24.3 Å². The molecule has 33 heavy (non-hydrogen) atoms. The van der Waals surface area contributed by atoms with E-state index in [1.165, 1.54) is 0 Å². The number of hydrogen-bond acceptors (Lipinski definition) is 9. The van der Waals surface area contributed by atoms with Crippen molar-refractivity contribution in [2.45, 2.75) is 6.61 Å². The molecule has 0 bridgehead atoms. The highest BCUT2D eigenvalue weighted by Crippen LogP contribution is 2.11. The monoisotopic (exact) mass is 471 g/mol. The first kappa shape index (κ1) is 28.3. The van der Waals surface area contributed by atoms with E-state index in [2.05, 4.69) is 10.6 Å². The molecule has 0 spiro atoms. The average Bonchev–Trinajstić information content (AvgIpc) is 2.81. The summed E-state index contributed by atoms with van der Waals surface area (Å²) in [5.74, 6) is -0.552. The summed E-state index contributed by atoms with van der Waals surface area (Å²) in [6.07, 6.45) is 0. The largest absolute Gasteiger partial charge is 0.484 e. The van der Waals surface area contributed by atoms with Crippen LogP contribution in [-0.4, -0.2) is 95.4 Å². The predicted molar refractivity (Wildman–Crippen MR) is 116 cm³/mol. The second-order valence-electron chi connectivity index (χ2n) is 6.59. The van der Waals surface area contributed by atoms with Crippen molar-refractivity contribution < 1.29 is 43.2 Å². The van der Waals surface area contributed by atoms with Gasteiger partial charge in [0.15, 0.2) is 6.61 Å². The third-order valence-corrected chi connectivity index (χ3v) is 3.83. The molecule has 0 atom stereocenters. The SMILES string of the molecule is NC(=O)COCCOCCNC(=O)COCCOCCNC(=O)COc1ccc(CO)cc1. The number of hydrogen-bond donors (Lipinski definition) is 4. The van der Waals surface area contributed by atoms with E-state index in [-0.39, 0.29) is 58.1 Å². The van der Waals surface area contributed by atoms with Gasteiger partial charge in [0.1, 0.15) is 19.0 Å². The minimum absolute atomic E-state index is 0.0480. The van der Waals surface area contributed by atoms with E-state index >= 15 is 0 Å². The van der Waals surface area contributed by atoms with Crippen LogP contribution in [0.4, 0.5) is 0 Å². The van der Waals surface area contributed by atoms with Crippen molar-refractivity contribution in [1.29, 1.82) is 0 Å². The van der Waals surface area contributed by atoms with Crippen molar-refractivity contribution in [3.63, 3.8) is 0 Å². The molecule has 0 aromatic heterocycles. The summed E-state index contributed by atoms with van der Waals surface area (Å²) in [6, 6.07) is 6.80. The van der Waals surface area contributed by atoms with Gasteiger partial charge in [-0.15, -0.1) is 0 Å². The Hall–Kier alpha value is -2.77. The number of aliphatic hydroxyl groups excluding tert-OH is 1. The zero-order valence-corrected chi connectivity index (χ0v) is 18.6. The van der Waals surface area contributed by atoms with E-state index in [1.807, 2.05) is 0 Å². The first-order chi connectivity index (χ1) is 16.0. The minimum atomic E-state index is -0.538. The minimum Gasteiger partial charge on any atom is -0.484 e. The summed E-state index contributed by atoms with van der Waals surface area (Å²) >= 11 is 0. The van der Waals surface area contributed by atoms with Gasteiger partial charge in [-0.1, -0.05) is 12.1 Å². The Labute approximate surface area is 192 Å². The molecule has 12 heteroatoms. The molecule has 1 aromatic carbocycles. The third-order valence-electron chi connectivity index (χ3n) is 3.83. The number of nitrogens with two attached hydrogens (primary N) is 1. The maximum absolute atomic E-state index is 11.7. The molecule has 0 aliphatic rings. The van der Waals surface area contributed by atoms with Crippen LogP contribution in [0, 0.1) is 0 Å². The maximum Gasteiger partial charge on any atom is 0.258 e. The van der Waals surface area contributed by atoms with Gasteiger partial charge in [-0.25, -0.2) is 0 Å². The molecule has 0 aliphatic carbocycles. The van der Waals surface area contributed by atoms with Gasteiger partial charge in [0, 0.05) is 13.1 Å². The molecular formula is C21H33N3O9. The lowest BCUT2D eigenvalue weighted by molar-refractivity contribution is -0.127. The Morgan fingerprint density at radius 2 is 1.24 bits per heavy atom. The Balaban J connectivity index is 1.86. The number of nitrogens with one attached hydrogen (secondary N) is 2. The van der Waals surface area contributed by atoms with Crippen LogP contribution in [0.1, 0.15) is 5.56 Å². The quantitative estimate of drug-likeness (QED) is 0.163. The van der Waals surface area contributed by atoms with Gasteiger partial charge in [0.2, 0.25) is 11.8 Å². The van der Waals surface area contributed by atoms with Gasteiger partial charge in [0.25, 0.3) is 5.91 Å². The molecule has 5 N–H and O–H groups in total. The normalized spacial score (nSPS) is 10.6. The zero-order valence-electron chi connectivity index (χ0n) is 18.6. The molecule has 186 valence electrons. The summed E-state index contributed by atoms with van der Waals surface area (Å²) < 4.78 is 26.0. The van der Waals surface area contributed by atoms with Crippen molar-refractivity contribution >= 4 is 17.7 Å². The van der Waals surface area contributed by atoms with Crippen molar-refractivity contribution in [2.24, 2.45) is 5.73 Å². The summed E-state index contributed by atoms with van der Waals surface area (Å²) in [6.45, 7) is 1.90. The fourth-order valence-corrected chi connectivity index (χ4v) is 2.24. The summed E-state index contributed by atoms with van der Waals surface area (Å²) in [5.41, 5.74) is 5.68. The van der Waals surface area contributed by atoms with Gasteiger partial charge < -0.3 is 45.2 Å². The van der Waals surface area contributed by atoms with Crippen LogP contribution in [0.5, 0.6) is 5.75 Å². The maximum atomic E-state index is 11.7. The molecule has 1 rings (SSSR count). The molecule has 0 radical (unpaired) electrons. The number of ether oxygens (including phenoxy) is 5. The van der Waals surface area contributed by atoms with Crippen molar-refractivity contribution in [1.82, 2.24) is 10.6 Å². The average molecular weight is 472 g/mol. The molecule has 1 aromatic rings. The van der Waals surface area contributed by atoms with E-state index in [0.29, 0.717) is 38.7 Å². The lowest BCUT2D eigenvalue weighted by Crippen LogP contribution is -2.32. The fraction of sp³-hybridized carbons (Fsp3) is 0.571. The van der Waals surface area contributed by atoms with Crippen LogP contribution in [0.3, 0.4) is 0 Å². The van der Waals surface area contributed by atoms with E-state index in [9.17, 15) is 14.4 Å². The highest BCUT2D eigenvalue weighted by atomic mass is 16.5. The molecule has 0 unspecified atom stereocenters. The Morgan fingerprint density at radius 3 is 1.79 bits per heavy atom. The molecule has 0 saturated heterocycles. The number of amides is 3. The number of carbonyl (C=O) groups is 3. The summed E-state index contributed by atoms with van der Waals surface area (Å²) in [5, 5.41) is 14.3. The van der Waals surface area contributed by atoms with Crippen molar-refractivity contribution in [3.05, 3.63) is 29.8 Å². The highest BCUT2D eigenvalue weighted by Gasteiger charge is 2.03. The molecule has 0 fully saturated rings. The second-order valence-corrected chi connectivity index (χ2v) is 6.59. The topological polar surface area (TPSA) is 168 Å². The van der Waals surface area contributed by atoms with Crippen LogP contribution >= 0.6 is 0 Å². The molecule has 3 amide bonds. The molecule has 0 aliphatic heterocycles. The van der Waals surface area contributed by atoms with Crippen LogP contribution in [-0.2, 0) is 39.9 Å². The van der Waals surface area contributed by atoms with E-state index < -0.39 is 5.91 Å². The lowest BCUT2D eigenvalue weighted by atomic mass is 10.2. The van der Waals surface area contributed by atoms with Crippen LogP contribution < -0.4 is 21.1 Å². The standard InChI is InChI=1S/C21H33N3O9/c22-19(26)14-31-11-9-29-7-5-23-20(27)15-32-12-10-30-8-6-24-21(28)16-33-18-3-1-17(13-25)2-4-18/h1-4,25H,5-16H2,(H2,22,26)(H,23,27)(H,24,28). The van der Waals surface area contributed by atoms with E-state index in [0.717, 1.165) is 5.56 Å². The van der Waals surface area contributed by atoms with Gasteiger partial charge in [-0.2, -0.15) is 0 Å². The second kappa shape index (κ2) is 18.8. The Kier molecular flexibility index (Phi) is 16.1. The van der Waals surface area contributed by atoms with Crippen LogP contribution in [0.25, 0.3) is 0 Å². The Bertz CT molecular complexity index is 686. The van der Waals surface area contributed by atoms with Crippen LogP contribution in [0.15, 0.2) is 24.3 Å². The van der Waals surface area contributed by atoms with Crippen molar-refractivity contribution in [2.75, 3.05) is 72.6 Å². The van der Waals surface area contributed by atoms with Crippen LogP contribution in [0.2, 0.25) is 0 Å². The highest BCUT2D eigenvalue weighted by molar-refractivity contribution is 5.77. The first-order valence-electron chi connectivity index (χ1n) is 10.5. The summed E-state index contributed by atoms with van der Waals surface area (Å²) in [4.78, 5) is 33.7. The number of carbonyl (C=O) groups excluding carboxylic acids is 3.